The highest BCUT2D eigenvalue weighted by Crippen LogP contribution is 2.30. The summed E-state index contributed by atoms with van der Waals surface area (Å²) in [5, 5.41) is 3.86. The predicted molar refractivity (Wildman–Crippen MR) is 63.7 cm³/mol. The van der Waals surface area contributed by atoms with Gasteiger partial charge in [0.2, 0.25) is 0 Å². The molecule has 5 heteroatoms. The molecule has 0 aliphatic heterocycles. The molecule has 1 aromatic carbocycles. The van der Waals surface area contributed by atoms with Crippen molar-refractivity contribution in [3.8, 4) is 11.5 Å². The summed E-state index contributed by atoms with van der Waals surface area (Å²) in [7, 11) is 1.70. The Morgan fingerprint density at radius 3 is 2.28 bits per heavy atom. The van der Waals surface area contributed by atoms with Gasteiger partial charge in [0.1, 0.15) is 0 Å². The fourth-order valence-corrected chi connectivity index (χ4v) is 1.58. The van der Waals surface area contributed by atoms with Crippen LogP contribution in [0.4, 0.5) is 8.78 Å². The number of aryl methyl sites for hydroxylation is 1. The van der Waals surface area contributed by atoms with Gasteiger partial charge in [0.25, 0.3) is 0 Å². The zero-order valence-electron chi connectivity index (χ0n) is 10.4. The summed E-state index contributed by atoms with van der Waals surface area (Å²) >= 11 is 0. The van der Waals surface area contributed by atoms with Crippen LogP contribution in [-0.4, -0.2) is 9.78 Å². The van der Waals surface area contributed by atoms with Gasteiger partial charge in [-0.1, -0.05) is 13.8 Å². The first-order valence-electron chi connectivity index (χ1n) is 5.63. The van der Waals surface area contributed by atoms with Gasteiger partial charge in [0.05, 0.1) is 12.4 Å². The van der Waals surface area contributed by atoms with Crippen LogP contribution in [0.2, 0.25) is 0 Å². The van der Waals surface area contributed by atoms with Crippen molar-refractivity contribution in [3.63, 3.8) is 0 Å². The largest absolute Gasteiger partial charge is 0.448 e. The summed E-state index contributed by atoms with van der Waals surface area (Å²) in [4.78, 5) is 0. The molecule has 18 heavy (non-hydrogen) atoms. The van der Waals surface area contributed by atoms with E-state index in [0.29, 0.717) is 11.3 Å². The standard InChI is InChI=1S/C13H14F2N2O/c1-8(2)9-4-11(14)13(12(15)5-9)18-10-6-16-17(3)7-10/h4-8H,1-3H3. The molecule has 0 bridgehead atoms. The monoisotopic (exact) mass is 252 g/mol. The minimum atomic E-state index is -0.706. The maximum absolute atomic E-state index is 13.8. The van der Waals surface area contributed by atoms with E-state index >= 15 is 0 Å². The third-order valence-corrected chi connectivity index (χ3v) is 2.59. The Kier molecular flexibility index (Phi) is 3.32. The van der Waals surface area contributed by atoms with E-state index in [1.807, 2.05) is 13.8 Å². The Labute approximate surface area is 104 Å². The number of hydrogen-bond acceptors (Lipinski definition) is 2. The van der Waals surface area contributed by atoms with E-state index < -0.39 is 17.4 Å². The van der Waals surface area contributed by atoms with E-state index in [-0.39, 0.29) is 5.92 Å². The van der Waals surface area contributed by atoms with Crippen LogP contribution < -0.4 is 4.74 Å². The first-order valence-corrected chi connectivity index (χ1v) is 5.63. The van der Waals surface area contributed by atoms with Crippen molar-refractivity contribution in [3.05, 3.63) is 41.7 Å². The van der Waals surface area contributed by atoms with Gasteiger partial charge in [0, 0.05) is 7.05 Å². The van der Waals surface area contributed by atoms with Gasteiger partial charge < -0.3 is 4.74 Å². The molecular weight excluding hydrogens is 238 g/mol. The van der Waals surface area contributed by atoms with Gasteiger partial charge in [-0.25, -0.2) is 8.78 Å². The van der Waals surface area contributed by atoms with Crippen molar-refractivity contribution < 1.29 is 13.5 Å². The lowest BCUT2D eigenvalue weighted by atomic mass is 10.0. The second-order valence-electron chi connectivity index (χ2n) is 4.42. The maximum Gasteiger partial charge on any atom is 0.198 e. The van der Waals surface area contributed by atoms with Crippen LogP contribution in [0.25, 0.3) is 0 Å². The summed E-state index contributed by atoms with van der Waals surface area (Å²) in [5.41, 5.74) is 0.600. The lowest BCUT2D eigenvalue weighted by Crippen LogP contribution is -1.96. The average molecular weight is 252 g/mol. The molecule has 0 radical (unpaired) electrons. The topological polar surface area (TPSA) is 27.1 Å². The number of nitrogens with zero attached hydrogens (tertiary/aromatic N) is 2. The van der Waals surface area contributed by atoms with E-state index in [1.54, 1.807) is 7.05 Å². The molecular formula is C13H14F2N2O. The molecule has 0 N–H and O–H groups in total. The van der Waals surface area contributed by atoms with Crippen molar-refractivity contribution in [2.24, 2.45) is 7.05 Å². The SMILES string of the molecule is CC(C)c1cc(F)c(Oc2cnn(C)c2)c(F)c1. The number of halogens is 2. The first-order chi connectivity index (χ1) is 8.47. The smallest absolute Gasteiger partial charge is 0.198 e. The van der Waals surface area contributed by atoms with Gasteiger partial charge >= 0.3 is 0 Å². The second kappa shape index (κ2) is 4.76. The Balaban J connectivity index is 2.34. The summed E-state index contributed by atoms with van der Waals surface area (Å²) in [5.74, 6) is -1.45. The molecule has 0 saturated heterocycles. The lowest BCUT2D eigenvalue weighted by molar-refractivity contribution is 0.405. The summed E-state index contributed by atoms with van der Waals surface area (Å²) in [6.45, 7) is 3.74. The molecule has 0 spiro atoms. The highest BCUT2D eigenvalue weighted by atomic mass is 19.1. The van der Waals surface area contributed by atoms with Crippen LogP contribution in [0.5, 0.6) is 11.5 Å². The van der Waals surface area contributed by atoms with Crippen molar-refractivity contribution in [2.45, 2.75) is 19.8 Å². The molecule has 0 unspecified atom stereocenters. The second-order valence-corrected chi connectivity index (χ2v) is 4.42. The van der Waals surface area contributed by atoms with Crippen LogP contribution >= 0.6 is 0 Å². The lowest BCUT2D eigenvalue weighted by Gasteiger charge is -2.10. The predicted octanol–water partition coefficient (Wildman–Crippen LogP) is 3.61. The third kappa shape index (κ3) is 2.50. The third-order valence-electron chi connectivity index (χ3n) is 2.59. The Morgan fingerprint density at radius 1 is 1.22 bits per heavy atom. The normalized spacial score (nSPS) is 11.0. The molecule has 1 aromatic heterocycles. The number of rotatable bonds is 3. The number of aromatic nitrogens is 2. The maximum atomic E-state index is 13.8. The van der Waals surface area contributed by atoms with Crippen molar-refractivity contribution in [2.75, 3.05) is 0 Å². The zero-order chi connectivity index (χ0) is 13.3. The number of ether oxygens (including phenoxy) is 1. The molecule has 0 saturated carbocycles. The Hall–Kier alpha value is -1.91. The first kappa shape index (κ1) is 12.5. The number of hydrogen-bond donors (Lipinski definition) is 0. The van der Waals surface area contributed by atoms with Crippen molar-refractivity contribution in [1.29, 1.82) is 0 Å². The van der Waals surface area contributed by atoms with Gasteiger partial charge in [-0.3, -0.25) is 4.68 Å². The van der Waals surface area contributed by atoms with Gasteiger partial charge in [-0.05, 0) is 23.6 Å². The fraction of sp³-hybridized carbons (Fsp3) is 0.308. The Bertz CT molecular complexity index is 541. The highest BCUT2D eigenvalue weighted by Gasteiger charge is 2.15. The highest BCUT2D eigenvalue weighted by molar-refractivity contribution is 5.35. The zero-order valence-corrected chi connectivity index (χ0v) is 10.4. The molecule has 3 nitrogen and oxygen atoms in total. The van der Waals surface area contributed by atoms with Crippen LogP contribution in [0.3, 0.4) is 0 Å². The van der Waals surface area contributed by atoms with E-state index in [2.05, 4.69) is 5.10 Å². The van der Waals surface area contributed by atoms with E-state index in [4.69, 9.17) is 4.74 Å². The van der Waals surface area contributed by atoms with Crippen molar-refractivity contribution >= 4 is 0 Å². The van der Waals surface area contributed by atoms with Gasteiger partial charge in [-0.2, -0.15) is 5.10 Å². The van der Waals surface area contributed by atoms with Crippen LogP contribution in [0.15, 0.2) is 24.5 Å². The number of benzene rings is 1. The summed E-state index contributed by atoms with van der Waals surface area (Å²) in [6.07, 6.45) is 2.93. The molecule has 1 heterocycles. The summed E-state index contributed by atoms with van der Waals surface area (Å²) < 4.78 is 34.2. The van der Waals surface area contributed by atoms with Crippen LogP contribution in [0.1, 0.15) is 25.3 Å². The van der Waals surface area contributed by atoms with Crippen LogP contribution in [-0.2, 0) is 7.05 Å². The average Bonchev–Trinajstić information content (AvgIpc) is 2.69. The molecule has 0 atom stereocenters. The van der Waals surface area contributed by atoms with E-state index in [0.717, 1.165) is 0 Å². The minimum Gasteiger partial charge on any atom is -0.448 e. The van der Waals surface area contributed by atoms with Crippen molar-refractivity contribution in [1.82, 2.24) is 9.78 Å². The molecule has 0 aliphatic carbocycles. The van der Waals surface area contributed by atoms with Gasteiger partial charge in [0.15, 0.2) is 23.1 Å². The van der Waals surface area contributed by atoms with Gasteiger partial charge in [-0.15, -0.1) is 0 Å². The quantitative estimate of drug-likeness (QED) is 0.834. The summed E-state index contributed by atoms with van der Waals surface area (Å²) in [6, 6.07) is 2.58. The molecule has 0 amide bonds. The molecule has 0 aliphatic rings. The molecule has 96 valence electrons. The van der Waals surface area contributed by atoms with Crippen LogP contribution in [0, 0.1) is 11.6 Å². The van der Waals surface area contributed by atoms with E-state index in [9.17, 15) is 8.78 Å². The Morgan fingerprint density at radius 2 is 1.83 bits per heavy atom. The molecule has 2 aromatic rings. The fourth-order valence-electron chi connectivity index (χ4n) is 1.58. The minimum absolute atomic E-state index is 0.0569. The molecule has 2 rings (SSSR count). The molecule has 0 fully saturated rings. The van der Waals surface area contributed by atoms with E-state index in [1.165, 1.54) is 29.2 Å².